The van der Waals surface area contributed by atoms with Crippen molar-refractivity contribution in [3.63, 3.8) is 0 Å². The average Bonchev–Trinajstić information content (AvgIpc) is 2.73. The maximum absolute atomic E-state index is 12.7. The minimum Gasteiger partial charge on any atom is -0.402 e. The van der Waals surface area contributed by atoms with Crippen LogP contribution in [0.1, 0.15) is 29.3 Å². The Morgan fingerprint density at radius 2 is 1.91 bits per heavy atom. The van der Waals surface area contributed by atoms with Gasteiger partial charge in [0.1, 0.15) is 11.7 Å². The van der Waals surface area contributed by atoms with Crippen molar-refractivity contribution in [1.29, 1.82) is 0 Å². The zero-order valence-corrected chi connectivity index (χ0v) is 21.0. The molecular weight excluding hydrogens is 482 g/mol. The Balaban J connectivity index is 1.52. The maximum atomic E-state index is 12.7. The molecule has 35 heavy (non-hydrogen) atoms. The number of nitrogens with zero attached hydrogens (tertiary/aromatic N) is 4. The Kier molecular flexibility index (Phi) is 7.57. The Morgan fingerprint density at radius 3 is 2.54 bits per heavy atom. The lowest BCUT2D eigenvalue weighted by Crippen LogP contribution is -2.37. The number of carbonyl (C=O) groups excluding carboxylic acids is 1. The van der Waals surface area contributed by atoms with Gasteiger partial charge in [-0.2, -0.15) is 0 Å². The molecule has 0 unspecified atom stereocenters. The molecule has 2 heterocycles. The van der Waals surface area contributed by atoms with E-state index in [9.17, 15) is 4.79 Å². The van der Waals surface area contributed by atoms with E-state index in [1.54, 1.807) is 19.1 Å². The van der Waals surface area contributed by atoms with E-state index >= 15 is 0 Å². The lowest BCUT2D eigenvalue weighted by atomic mass is 10.1. The number of hydrogen-bond donors (Lipinski definition) is 3. The fourth-order valence-corrected chi connectivity index (χ4v) is 4.50. The fraction of sp³-hybridized carbons (Fsp3) is 0.200. The van der Waals surface area contributed by atoms with E-state index in [2.05, 4.69) is 20.2 Å². The van der Waals surface area contributed by atoms with Crippen molar-refractivity contribution >= 4 is 52.4 Å². The van der Waals surface area contributed by atoms with Gasteiger partial charge < -0.3 is 21.7 Å². The molecule has 1 amide bonds. The number of carbonyl (C=O) groups is 1. The molecule has 180 valence electrons. The van der Waals surface area contributed by atoms with Crippen LogP contribution in [0, 0.1) is 6.92 Å². The van der Waals surface area contributed by atoms with Crippen LogP contribution in [0.5, 0.6) is 0 Å². The Labute approximate surface area is 213 Å². The van der Waals surface area contributed by atoms with Crippen LogP contribution in [0.2, 0.25) is 5.02 Å². The van der Waals surface area contributed by atoms with E-state index in [0.29, 0.717) is 32.9 Å². The molecule has 0 atom stereocenters. The molecule has 0 saturated carbocycles. The smallest absolute Gasteiger partial charge is 0.257 e. The highest BCUT2D eigenvalue weighted by atomic mass is 35.5. The molecule has 1 aliphatic heterocycles. The number of nitrogens with two attached hydrogens (primary N) is 2. The molecular formula is C25H26ClN7OS. The molecule has 4 rings (SSSR count). The Bertz CT molecular complexity index is 1280. The number of hydrogen-bond acceptors (Lipinski definition) is 7. The van der Waals surface area contributed by atoms with Gasteiger partial charge in [-0.1, -0.05) is 23.7 Å². The highest BCUT2D eigenvalue weighted by Crippen LogP contribution is 2.31. The summed E-state index contributed by atoms with van der Waals surface area (Å²) in [6.45, 7) is 5.49. The van der Waals surface area contributed by atoms with Gasteiger partial charge in [0, 0.05) is 35.4 Å². The summed E-state index contributed by atoms with van der Waals surface area (Å²) in [6.07, 6.45) is 2.72. The van der Waals surface area contributed by atoms with Gasteiger partial charge in [-0.25, -0.2) is 15.0 Å². The number of amidine groups is 1. The Morgan fingerprint density at radius 1 is 1.17 bits per heavy atom. The molecule has 1 aromatic heterocycles. The molecule has 1 aliphatic rings. The van der Waals surface area contributed by atoms with Crippen molar-refractivity contribution in [2.24, 2.45) is 16.5 Å². The van der Waals surface area contributed by atoms with E-state index in [0.717, 1.165) is 35.8 Å². The number of rotatable bonds is 7. The molecule has 0 bridgehead atoms. The summed E-state index contributed by atoms with van der Waals surface area (Å²) in [4.78, 5) is 29.4. The van der Waals surface area contributed by atoms with Crippen LogP contribution in [0.25, 0.3) is 0 Å². The van der Waals surface area contributed by atoms with E-state index in [1.807, 2.05) is 49.4 Å². The van der Waals surface area contributed by atoms with Crippen molar-refractivity contribution in [1.82, 2.24) is 9.97 Å². The summed E-state index contributed by atoms with van der Waals surface area (Å²) in [5.41, 5.74) is 14.2. The number of nitrogens with one attached hydrogen (secondary N) is 1. The largest absolute Gasteiger partial charge is 0.402 e. The number of aliphatic imine (C=N–C) groups is 1. The van der Waals surface area contributed by atoms with E-state index < -0.39 is 0 Å². The quantitative estimate of drug-likeness (QED) is 0.236. The van der Waals surface area contributed by atoms with Crippen LogP contribution < -0.4 is 21.7 Å². The van der Waals surface area contributed by atoms with Gasteiger partial charge in [0.2, 0.25) is 0 Å². The van der Waals surface area contributed by atoms with Gasteiger partial charge >= 0.3 is 0 Å². The number of aryl methyl sites for hydroxylation is 1. The summed E-state index contributed by atoms with van der Waals surface area (Å²) in [7, 11) is 0. The lowest BCUT2D eigenvalue weighted by Gasteiger charge is -2.32. The van der Waals surface area contributed by atoms with Crippen molar-refractivity contribution in [2.45, 2.75) is 30.3 Å². The maximum Gasteiger partial charge on any atom is 0.257 e. The normalized spacial score (nSPS) is 14.0. The fourth-order valence-electron chi connectivity index (χ4n) is 3.43. The SMILES string of the molecule is C/C(N)=C/C(N)=Nc1cc(N2CCC2)nc(Sc2ccc(NC(=O)c3c(C)cccc3Cl)cc2)n1. The van der Waals surface area contributed by atoms with Crippen LogP contribution in [-0.4, -0.2) is 34.8 Å². The first kappa shape index (κ1) is 24.6. The second-order valence-electron chi connectivity index (χ2n) is 8.14. The van der Waals surface area contributed by atoms with Crippen LogP contribution in [0.3, 0.4) is 0 Å². The molecule has 10 heteroatoms. The zero-order valence-electron chi connectivity index (χ0n) is 19.5. The highest BCUT2D eigenvalue weighted by Gasteiger charge is 2.18. The third-order valence-corrected chi connectivity index (χ3v) is 6.44. The van der Waals surface area contributed by atoms with Gasteiger partial charge in [0.15, 0.2) is 11.0 Å². The lowest BCUT2D eigenvalue weighted by molar-refractivity contribution is 0.102. The van der Waals surface area contributed by atoms with E-state index in [-0.39, 0.29) is 11.7 Å². The van der Waals surface area contributed by atoms with Gasteiger partial charge in [-0.05, 0) is 74.0 Å². The van der Waals surface area contributed by atoms with E-state index in [1.165, 1.54) is 11.8 Å². The second-order valence-corrected chi connectivity index (χ2v) is 9.59. The summed E-state index contributed by atoms with van der Waals surface area (Å²) in [5, 5.41) is 3.87. The number of aromatic nitrogens is 2. The number of anilines is 2. The van der Waals surface area contributed by atoms with Gasteiger partial charge in [-0.15, -0.1) is 0 Å². The number of amides is 1. The highest BCUT2D eigenvalue weighted by molar-refractivity contribution is 7.99. The first-order valence-corrected chi connectivity index (χ1v) is 12.2. The molecule has 0 radical (unpaired) electrons. The second kappa shape index (κ2) is 10.8. The molecule has 5 N–H and O–H groups in total. The summed E-state index contributed by atoms with van der Waals surface area (Å²) < 4.78 is 0. The van der Waals surface area contributed by atoms with Crippen molar-refractivity contribution in [3.8, 4) is 0 Å². The monoisotopic (exact) mass is 507 g/mol. The molecule has 1 fully saturated rings. The molecule has 2 aromatic carbocycles. The first-order valence-electron chi connectivity index (χ1n) is 11.0. The molecule has 3 aromatic rings. The molecule has 0 aliphatic carbocycles. The van der Waals surface area contributed by atoms with Gasteiger partial charge in [0.05, 0.1) is 10.6 Å². The summed E-state index contributed by atoms with van der Waals surface area (Å²) >= 11 is 7.62. The molecule has 0 spiro atoms. The third kappa shape index (κ3) is 6.32. The zero-order chi connectivity index (χ0) is 24.9. The van der Waals surface area contributed by atoms with Crippen molar-refractivity contribution in [3.05, 3.63) is 76.5 Å². The molecule has 1 saturated heterocycles. The van der Waals surface area contributed by atoms with Crippen LogP contribution in [0.15, 0.2) is 75.3 Å². The Hall–Kier alpha value is -3.56. The van der Waals surface area contributed by atoms with Crippen molar-refractivity contribution < 1.29 is 4.79 Å². The minimum atomic E-state index is -0.249. The predicted molar refractivity (Wildman–Crippen MR) is 143 cm³/mol. The van der Waals surface area contributed by atoms with Crippen LogP contribution in [0.4, 0.5) is 17.3 Å². The van der Waals surface area contributed by atoms with E-state index in [4.69, 9.17) is 28.1 Å². The number of halogens is 1. The average molecular weight is 508 g/mol. The van der Waals surface area contributed by atoms with Crippen LogP contribution in [-0.2, 0) is 0 Å². The topological polar surface area (TPSA) is 123 Å². The summed E-state index contributed by atoms with van der Waals surface area (Å²) in [6, 6.07) is 14.7. The third-order valence-electron chi connectivity index (χ3n) is 5.25. The number of benzene rings is 2. The van der Waals surface area contributed by atoms with Crippen molar-refractivity contribution in [2.75, 3.05) is 23.3 Å². The standard InChI is InChI=1S/C25H26ClN7OS/c1-15-5-3-6-19(26)23(15)24(34)29-17-7-9-18(10-8-17)35-25-31-21(30-20(28)13-16(2)27)14-22(32-25)33-11-4-12-33/h3,5-10,13-14H,4,11-12,27H2,1-2H3,(H,29,34)(H2,28,30,31,32)/b16-13-. The summed E-state index contributed by atoms with van der Waals surface area (Å²) in [5.74, 6) is 1.31. The van der Waals surface area contributed by atoms with Gasteiger partial charge in [0.25, 0.3) is 5.91 Å². The number of allylic oxidation sites excluding steroid dienone is 1. The molecule has 8 nitrogen and oxygen atoms in total. The minimum absolute atomic E-state index is 0.249. The first-order chi connectivity index (χ1) is 16.8. The predicted octanol–water partition coefficient (Wildman–Crippen LogP) is 4.90. The van der Waals surface area contributed by atoms with Gasteiger partial charge in [-0.3, -0.25) is 4.79 Å². The van der Waals surface area contributed by atoms with Crippen LogP contribution >= 0.6 is 23.4 Å².